The highest BCUT2D eigenvalue weighted by Gasteiger charge is 2.29. The predicted octanol–water partition coefficient (Wildman–Crippen LogP) is 4.90. The third-order valence-electron chi connectivity index (χ3n) is 8.00. The van der Waals surface area contributed by atoms with Crippen LogP contribution in [0.2, 0.25) is 0 Å². The van der Waals surface area contributed by atoms with Crippen LogP contribution < -0.4 is 0 Å². The Bertz CT molecular complexity index is 1210. The summed E-state index contributed by atoms with van der Waals surface area (Å²) >= 11 is 0. The quantitative estimate of drug-likeness (QED) is 0.400. The van der Waals surface area contributed by atoms with Crippen molar-refractivity contribution >= 4 is 10.9 Å². The van der Waals surface area contributed by atoms with Gasteiger partial charge in [0.2, 0.25) is 0 Å². The highest BCUT2D eigenvalue weighted by atomic mass is 15.3. The molecule has 2 aliphatic heterocycles. The first-order valence-electron chi connectivity index (χ1n) is 13.2. The first kappa shape index (κ1) is 22.5. The molecule has 0 radical (unpaired) electrons. The Kier molecular flexibility index (Phi) is 6.65. The summed E-state index contributed by atoms with van der Waals surface area (Å²) in [6.45, 7) is 6.86. The Balaban J connectivity index is 1.05. The van der Waals surface area contributed by atoms with Crippen molar-refractivity contribution in [2.24, 2.45) is 5.92 Å². The summed E-state index contributed by atoms with van der Waals surface area (Å²) in [5, 5.41) is 5.59. The average molecular weight is 469 g/mol. The maximum Gasteiger partial charge on any atom is 0.137 e. The summed E-state index contributed by atoms with van der Waals surface area (Å²) in [7, 11) is 0. The van der Waals surface area contributed by atoms with E-state index < -0.39 is 0 Å². The Morgan fingerprint density at radius 2 is 1.94 bits per heavy atom. The van der Waals surface area contributed by atoms with Crippen LogP contribution in [0.4, 0.5) is 0 Å². The molecule has 0 saturated carbocycles. The Morgan fingerprint density at radius 1 is 1.00 bits per heavy atom. The molecule has 2 aromatic carbocycles. The second-order valence-electron chi connectivity index (χ2n) is 10.4. The Hall–Kier alpha value is -2.96. The number of likely N-dealkylation sites (tertiary alicyclic amines) is 2. The summed E-state index contributed by atoms with van der Waals surface area (Å²) in [6.07, 6.45) is 12.0. The fraction of sp³-hybridized carbons (Fsp3) is 0.448. The molecule has 6 heteroatoms. The van der Waals surface area contributed by atoms with E-state index in [1.165, 1.54) is 79.5 Å². The number of hydrogen-bond donors (Lipinski definition) is 1. The van der Waals surface area contributed by atoms with Crippen molar-refractivity contribution in [3.05, 3.63) is 84.1 Å². The molecule has 6 rings (SSSR count). The number of nitrogens with zero attached hydrogens (tertiary/aromatic N) is 5. The minimum atomic E-state index is 0.608. The zero-order valence-electron chi connectivity index (χ0n) is 20.5. The number of nitrogens with one attached hydrogen (secondary N) is 1. The lowest BCUT2D eigenvalue weighted by Crippen LogP contribution is -2.38. The molecule has 0 aliphatic carbocycles. The fourth-order valence-electron chi connectivity index (χ4n) is 6.17. The van der Waals surface area contributed by atoms with Gasteiger partial charge in [-0.15, -0.1) is 0 Å². The van der Waals surface area contributed by atoms with E-state index in [1.54, 1.807) is 12.7 Å². The highest BCUT2D eigenvalue weighted by Crippen LogP contribution is 2.32. The van der Waals surface area contributed by atoms with E-state index in [0.29, 0.717) is 6.04 Å². The molecule has 35 heavy (non-hydrogen) atoms. The van der Waals surface area contributed by atoms with Gasteiger partial charge in [0.1, 0.15) is 12.7 Å². The van der Waals surface area contributed by atoms with Gasteiger partial charge in [0.15, 0.2) is 0 Å². The number of rotatable bonds is 8. The molecule has 0 bridgehead atoms. The van der Waals surface area contributed by atoms with Gasteiger partial charge in [0.25, 0.3) is 0 Å². The molecule has 2 aliphatic rings. The summed E-state index contributed by atoms with van der Waals surface area (Å²) in [6, 6.07) is 18.5. The molecule has 2 saturated heterocycles. The third kappa shape index (κ3) is 5.19. The van der Waals surface area contributed by atoms with Crippen molar-refractivity contribution in [2.75, 3.05) is 32.7 Å². The molecule has 6 nitrogen and oxygen atoms in total. The number of hydrogen-bond acceptors (Lipinski definition) is 4. The van der Waals surface area contributed by atoms with Gasteiger partial charge in [-0.25, -0.2) is 9.67 Å². The van der Waals surface area contributed by atoms with E-state index >= 15 is 0 Å². The van der Waals surface area contributed by atoms with Crippen LogP contribution in [0.5, 0.6) is 0 Å². The van der Waals surface area contributed by atoms with E-state index in [1.807, 2.05) is 4.68 Å². The predicted molar refractivity (Wildman–Crippen MR) is 140 cm³/mol. The maximum atomic E-state index is 4.25. The zero-order chi connectivity index (χ0) is 23.5. The van der Waals surface area contributed by atoms with Gasteiger partial charge < -0.3 is 9.88 Å². The number of aromatic nitrogens is 4. The molecule has 0 amide bonds. The average Bonchev–Trinajstić information content (AvgIpc) is 3.66. The van der Waals surface area contributed by atoms with Crippen LogP contribution in [0.1, 0.15) is 48.4 Å². The van der Waals surface area contributed by atoms with Crippen LogP contribution in [0.3, 0.4) is 0 Å². The standard InChI is InChI=1S/C29H36N6/c1-2-6-25(7-3-1)29-8-4-5-13-34(29)19-24-11-14-33(18-24)15-12-26-17-31-28-10-9-23(16-27(26)28)20-35-22-30-21-32-35/h1-3,6-7,9-10,16-17,21-22,24,29,31H,4-5,8,11-15,18-20H2/t24-,29+/m1/s1. The first-order chi connectivity index (χ1) is 17.3. The molecule has 1 N–H and O–H groups in total. The second-order valence-corrected chi connectivity index (χ2v) is 10.4. The Labute approximate surface area is 208 Å². The SMILES string of the molecule is c1ccc([C@@H]2CCCCN2C[C@@H]2CCN(CCc3c[nH]c4ccc(Cn5cncn5)cc34)C2)cc1. The smallest absolute Gasteiger partial charge is 0.137 e. The van der Waals surface area contributed by atoms with Crippen LogP contribution in [0.25, 0.3) is 10.9 Å². The first-order valence-corrected chi connectivity index (χ1v) is 13.2. The lowest BCUT2D eigenvalue weighted by Gasteiger charge is -2.37. The van der Waals surface area contributed by atoms with Crippen LogP contribution in [0, 0.1) is 5.92 Å². The van der Waals surface area contributed by atoms with Crippen molar-refractivity contribution in [1.29, 1.82) is 0 Å². The van der Waals surface area contributed by atoms with Gasteiger partial charge in [-0.2, -0.15) is 5.10 Å². The van der Waals surface area contributed by atoms with Crippen LogP contribution in [0.15, 0.2) is 67.4 Å². The summed E-state index contributed by atoms with van der Waals surface area (Å²) < 4.78 is 1.88. The van der Waals surface area contributed by atoms with Crippen molar-refractivity contribution < 1.29 is 0 Å². The van der Waals surface area contributed by atoms with Gasteiger partial charge in [-0.05, 0) is 73.5 Å². The highest BCUT2D eigenvalue weighted by molar-refractivity contribution is 5.83. The minimum absolute atomic E-state index is 0.608. The molecule has 2 aromatic heterocycles. The maximum absolute atomic E-state index is 4.25. The molecule has 4 aromatic rings. The van der Waals surface area contributed by atoms with Gasteiger partial charge in [0, 0.05) is 42.8 Å². The molecule has 0 spiro atoms. The van der Waals surface area contributed by atoms with E-state index in [0.717, 1.165) is 25.4 Å². The van der Waals surface area contributed by atoms with Crippen LogP contribution in [-0.4, -0.2) is 62.3 Å². The Morgan fingerprint density at radius 3 is 2.83 bits per heavy atom. The van der Waals surface area contributed by atoms with E-state index in [-0.39, 0.29) is 0 Å². The number of piperidine rings is 1. The van der Waals surface area contributed by atoms with E-state index in [2.05, 4.69) is 79.6 Å². The molecule has 182 valence electrons. The molecule has 4 heterocycles. The topological polar surface area (TPSA) is 53.0 Å². The van der Waals surface area contributed by atoms with Gasteiger partial charge in [-0.3, -0.25) is 4.90 Å². The van der Waals surface area contributed by atoms with E-state index in [9.17, 15) is 0 Å². The zero-order valence-corrected chi connectivity index (χ0v) is 20.5. The van der Waals surface area contributed by atoms with Gasteiger partial charge >= 0.3 is 0 Å². The number of fused-ring (bicyclic) bond motifs is 1. The summed E-state index contributed by atoms with van der Waals surface area (Å²) in [4.78, 5) is 13.0. The molecule has 2 fully saturated rings. The van der Waals surface area contributed by atoms with Crippen molar-refractivity contribution in [3.8, 4) is 0 Å². The van der Waals surface area contributed by atoms with Crippen molar-refractivity contribution in [2.45, 2.75) is 44.7 Å². The van der Waals surface area contributed by atoms with Crippen LogP contribution in [-0.2, 0) is 13.0 Å². The van der Waals surface area contributed by atoms with Crippen LogP contribution >= 0.6 is 0 Å². The molecular weight excluding hydrogens is 432 g/mol. The van der Waals surface area contributed by atoms with Crippen molar-refractivity contribution in [1.82, 2.24) is 29.5 Å². The number of benzene rings is 2. The van der Waals surface area contributed by atoms with Gasteiger partial charge in [-0.1, -0.05) is 42.8 Å². The number of H-pyrrole nitrogens is 1. The fourth-order valence-corrected chi connectivity index (χ4v) is 6.17. The molecular formula is C29H36N6. The second kappa shape index (κ2) is 10.3. The summed E-state index contributed by atoms with van der Waals surface area (Å²) in [5.41, 5.74) is 5.41. The van der Waals surface area contributed by atoms with Gasteiger partial charge in [0.05, 0.1) is 6.54 Å². The lowest BCUT2D eigenvalue weighted by atomic mass is 9.94. The van der Waals surface area contributed by atoms with E-state index in [4.69, 9.17) is 0 Å². The normalized spacial score (nSPS) is 21.7. The molecule has 0 unspecified atom stereocenters. The third-order valence-corrected chi connectivity index (χ3v) is 8.00. The largest absolute Gasteiger partial charge is 0.361 e. The lowest BCUT2D eigenvalue weighted by molar-refractivity contribution is 0.125. The minimum Gasteiger partial charge on any atom is -0.361 e. The van der Waals surface area contributed by atoms with Crippen molar-refractivity contribution in [3.63, 3.8) is 0 Å². The number of aromatic amines is 1. The monoisotopic (exact) mass is 468 g/mol. The molecule has 2 atom stereocenters. The summed E-state index contributed by atoms with van der Waals surface area (Å²) in [5.74, 6) is 0.788.